The van der Waals surface area contributed by atoms with E-state index in [0.717, 1.165) is 42.3 Å². The van der Waals surface area contributed by atoms with Gasteiger partial charge in [0.2, 0.25) is 0 Å². The summed E-state index contributed by atoms with van der Waals surface area (Å²) in [5, 5.41) is 7.86. The quantitative estimate of drug-likeness (QED) is 0.912. The smallest absolute Gasteiger partial charge is 0.196 e. The van der Waals surface area contributed by atoms with Gasteiger partial charge in [0.25, 0.3) is 0 Å². The fourth-order valence-electron chi connectivity index (χ4n) is 2.10. The number of nitrogens with zero attached hydrogens (tertiary/aromatic N) is 3. The summed E-state index contributed by atoms with van der Waals surface area (Å²) in [6.45, 7) is 9.40. The predicted molar refractivity (Wildman–Crippen MR) is 79.5 cm³/mol. The van der Waals surface area contributed by atoms with Crippen LogP contribution in [-0.2, 0) is 19.9 Å². The van der Waals surface area contributed by atoms with Crippen LogP contribution in [0.5, 0.6) is 0 Å². The van der Waals surface area contributed by atoms with Gasteiger partial charge in [0.1, 0.15) is 0 Å². The second-order valence-corrected chi connectivity index (χ2v) is 6.06. The lowest BCUT2D eigenvalue weighted by atomic mass is 10.1. The maximum Gasteiger partial charge on any atom is 0.196 e. The Morgan fingerprint density at radius 1 is 1.35 bits per heavy atom. The number of hydrogen-bond acceptors (Lipinski definition) is 4. The normalized spacial score (nSPS) is 12.1. The highest BCUT2D eigenvalue weighted by Crippen LogP contribution is 2.24. The van der Waals surface area contributed by atoms with Crippen molar-refractivity contribution in [3.8, 4) is 11.3 Å². The van der Waals surface area contributed by atoms with E-state index in [1.807, 2.05) is 17.9 Å². The molecule has 0 aliphatic rings. The van der Waals surface area contributed by atoms with Crippen LogP contribution in [0.15, 0.2) is 16.8 Å². The van der Waals surface area contributed by atoms with Crippen LogP contribution in [0, 0.1) is 0 Å². The minimum absolute atomic E-state index is 0.119. The Kier molecular flexibility index (Phi) is 4.28. The third kappa shape index (κ3) is 3.70. The zero-order chi connectivity index (χ0) is 14.8. The van der Waals surface area contributed by atoms with Gasteiger partial charge in [-0.3, -0.25) is 4.68 Å². The number of hydrogen-bond donors (Lipinski definition) is 1. The van der Waals surface area contributed by atoms with Crippen LogP contribution >= 0.6 is 0 Å². The molecule has 5 heteroatoms. The molecule has 0 aliphatic carbocycles. The molecule has 2 heterocycles. The third-order valence-corrected chi connectivity index (χ3v) is 3.05. The highest BCUT2D eigenvalue weighted by atomic mass is 16.4. The molecule has 0 fully saturated rings. The Balaban J connectivity index is 2.05. The minimum atomic E-state index is 0.119. The van der Waals surface area contributed by atoms with Gasteiger partial charge in [0.05, 0.1) is 17.5 Å². The van der Waals surface area contributed by atoms with E-state index in [0.29, 0.717) is 0 Å². The van der Waals surface area contributed by atoms with Crippen molar-refractivity contribution in [2.45, 2.75) is 46.1 Å². The summed E-state index contributed by atoms with van der Waals surface area (Å²) in [5.41, 5.74) is 2.20. The van der Waals surface area contributed by atoms with Crippen molar-refractivity contribution in [3.63, 3.8) is 0 Å². The summed E-state index contributed by atoms with van der Waals surface area (Å²) in [4.78, 5) is 4.35. The lowest BCUT2D eigenvalue weighted by Crippen LogP contribution is -2.37. The third-order valence-electron chi connectivity index (χ3n) is 3.05. The standard InChI is InChI=1S/C15H24N4O/c1-6-12-11(10-19(5)18-12)13-9-16-14(20-13)7-8-17-15(2,3)4/h9-10,17H,6-8H2,1-5H3. The fraction of sp³-hybridized carbons (Fsp3) is 0.600. The average Bonchev–Trinajstić information content (AvgIpc) is 2.93. The first kappa shape index (κ1) is 14.8. The lowest BCUT2D eigenvalue weighted by Gasteiger charge is -2.19. The summed E-state index contributed by atoms with van der Waals surface area (Å²) >= 11 is 0. The summed E-state index contributed by atoms with van der Waals surface area (Å²) in [6.07, 6.45) is 5.45. The highest BCUT2D eigenvalue weighted by Gasteiger charge is 2.14. The maximum absolute atomic E-state index is 5.84. The summed E-state index contributed by atoms with van der Waals surface area (Å²) in [6, 6.07) is 0. The Hall–Kier alpha value is -1.62. The van der Waals surface area contributed by atoms with Crippen LogP contribution in [0.4, 0.5) is 0 Å². The van der Waals surface area contributed by atoms with Gasteiger partial charge in [-0.05, 0) is 27.2 Å². The molecule has 20 heavy (non-hydrogen) atoms. The van der Waals surface area contributed by atoms with E-state index in [1.165, 1.54) is 0 Å². The van der Waals surface area contributed by atoms with Crippen LogP contribution in [0.2, 0.25) is 0 Å². The van der Waals surface area contributed by atoms with Crippen molar-refractivity contribution in [1.29, 1.82) is 0 Å². The van der Waals surface area contributed by atoms with Crippen molar-refractivity contribution >= 4 is 0 Å². The second kappa shape index (κ2) is 5.79. The Morgan fingerprint density at radius 2 is 2.10 bits per heavy atom. The van der Waals surface area contributed by atoms with Crippen LogP contribution in [0.3, 0.4) is 0 Å². The van der Waals surface area contributed by atoms with Crippen molar-refractivity contribution in [2.75, 3.05) is 6.54 Å². The molecule has 2 rings (SSSR count). The minimum Gasteiger partial charge on any atom is -0.441 e. The maximum atomic E-state index is 5.84. The molecule has 0 saturated carbocycles. The molecule has 0 atom stereocenters. The van der Waals surface area contributed by atoms with Crippen molar-refractivity contribution in [1.82, 2.24) is 20.1 Å². The van der Waals surface area contributed by atoms with E-state index >= 15 is 0 Å². The Bertz CT molecular complexity index is 563. The predicted octanol–water partition coefficient (Wildman–Crippen LogP) is 2.57. The molecular formula is C15H24N4O. The average molecular weight is 276 g/mol. The molecule has 5 nitrogen and oxygen atoms in total. The molecule has 110 valence electrons. The van der Waals surface area contributed by atoms with E-state index in [1.54, 1.807) is 6.20 Å². The van der Waals surface area contributed by atoms with Gasteiger partial charge in [-0.2, -0.15) is 5.10 Å². The molecule has 1 N–H and O–H groups in total. The molecule has 2 aromatic heterocycles. The van der Waals surface area contributed by atoms with Crippen molar-refractivity contribution < 1.29 is 4.42 Å². The van der Waals surface area contributed by atoms with Crippen LogP contribution < -0.4 is 5.32 Å². The topological polar surface area (TPSA) is 55.9 Å². The van der Waals surface area contributed by atoms with Crippen LogP contribution in [0.1, 0.15) is 39.3 Å². The first-order valence-corrected chi connectivity index (χ1v) is 7.11. The molecule has 0 aromatic carbocycles. The van der Waals surface area contributed by atoms with Gasteiger partial charge in [0.15, 0.2) is 11.7 Å². The van der Waals surface area contributed by atoms with Crippen LogP contribution in [-0.4, -0.2) is 26.8 Å². The molecule has 0 radical (unpaired) electrons. The monoisotopic (exact) mass is 276 g/mol. The Morgan fingerprint density at radius 3 is 2.75 bits per heavy atom. The molecule has 0 spiro atoms. The van der Waals surface area contributed by atoms with Gasteiger partial charge in [0, 0.05) is 31.7 Å². The Labute approximate surface area is 120 Å². The molecule has 0 amide bonds. The van der Waals surface area contributed by atoms with Gasteiger partial charge in [-0.1, -0.05) is 6.92 Å². The van der Waals surface area contributed by atoms with E-state index in [9.17, 15) is 0 Å². The lowest BCUT2D eigenvalue weighted by molar-refractivity contribution is 0.411. The van der Waals surface area contributed by atoms with Gasteiger partial charge in [-0.25, -0.2) is 4.98 Å². The fourth-order valence-corrected chi connectivity index (χ4v) is 2.10. The van der Waals surface area contributed by atoms with Gasteiger partial charge < -0.3 is 9.73 Å². The SMILES string of the molecule is CCc1nn(C)cc1-c1cnc(CCNC(C)(C)C)o1. The summed E-state index contributed by atoms with van der Waals surface area (Å²) in [5.74, 6) is 1.57. The zero-order valence-electron chi connectivity index (χ0n) is 13.0. The zero-order valence-corrected chi connectivity index (χ0v) is 13.0. The first-order chi connectivity index (χ1) is 9.39. The molecule has 0 aliphatic heterocycles. The molecular weight excluding hydrogens is 252 g/mol. The highest BCUT2D eigenvalue weighted by molar-refractivity contribution is 5.58. The first-order valence-electron chi connectivity index (χ1n) is 7.11. The largest absolute Gasteiger partial charge is 0.441 e. The van der Waals surface area contributed by atoms with Gasteiger partial charge >= 0.3 is 0 Å². The number of aromatic nitrogens is 3. The summed E-state index contributed by atoms with van der Waals surface area (Å²) in [7, 11) is 1.92. The summed E-state index contributed by atoms with van der Waals surface area (Å²) < 4.78 is 7.65. The van der Waals surface area contributed by atoms with E-state index in [2.05, 4.69) is 43.1 Å². The number of rotatable bonds is 5. The number of nitrogens with one attached hydrogen (secondary N) is 1. The molecule has 0 saturated heterocycles. The van der Waals surface area contributed by atoms with E-state index in [-0.39, 0.29) is 5.54 Å². The van der Waals surface area contributed by atoms with Crippen molar-refractivity contribution in [3.05, 3.63) is 24.0 Å². The molecule has 0 bridgehead atoms. The number of oxazole rings is 1. The van der Waals surface area contributed by atoms with E-state index < -0.39 is 0 Å². The second-order valence-electron chi connectivity index (χ2n) is 6.06. The van der Waals surface area contributed by atoms with Gasteiger partial charge in [-0.15, -0.1) is 0 Å². The molecule has 2 aromatic rings. The van der Waals surface area contributed by atoms with Crippen molar-refractivity contribution in [2.24, 2.45) is 7.05 Å². The van der Waals surface area contributed by atoms with Crippen LogP contribution in [0.25, 0.3) is 11.3 Å². The molecule has 0 unspecified atom stereocenters. The van der Waals surface area contributed by atoms with E-state index in [4.69, 9.17) is 4.42 Å². The number of aryl methyl sites for hydroxylation is 2.